The van der Waals surface area contributed by atoms with Crippen molar-refractivity contribution in [2.45, 2.75) is 52.1 Å². The van der Waals surface area contributed by atoms with Gasteiger partial charge in [0.25, 0.3) is 5.91 Å². The summed E-state index contributed by atoms with van der Waals surface area (Å²) in [5.41, 5.74) is 3.54. The molecule has 1 spiro atoms. The number of carbonyl (C=O) groups is 2. The van der Waals surface area contributed by atoms with E-state index in [0.29, 0.717) is 11.6 Å². The average Bonchev–Trinajstić information content (AvgIpc) is 3.00. The molecule has 30 heavy (non-hydrogen) atoms. The minimum Gasteiger partial charge on any atom is -0.324 e. The maximum atomic E-state index is 13.4. The van der Waals surface area contributed by atoms with E-state index in [1.807, 2.05) is 62.4 Å². The van der Waals surface area contributed by atoms with E-state index in [9.17, 15) is 9.59 Å². The number of benzene rings is 2. The zero-order valence-electron chi connectivity index (χ0n) is 17.9. The van der Waals surface area contributed by atoms with Crippen LogP contribution in [0.3, 0.4) is 0 Å². The average molecular weight is 404 g/mol. The standard InChI is InChI=1S/C25H29N3O2/c1-17-12-14-25(15-13-17)27-23(20-10-5-4-6-11-20)24(30)28(25)16-21(29)26-22-18(2)8-7-9-19(22)3/h4-11,17H,12-16H2,1-3H3,(H,26,29). The molecule has 0 unspecified atom stereocenters. The Morgan fingerprint density at radius 1 is 1.07 bits per heavy atom. The number of anilines is 1. The molecule has 1 N–H and O–H groups in total. The van der Waals surface area contributed by atoms with E-state index in [-0.39, 0.29) is 18.4 Å². The molecule has 1 fully saturated rings. The number of hydrogen-bond acceptors (Lipinski definition) is 3. The molecule has 0 radical (unpaired) electrons. The summed E-state index contributed by atoms with van der Waals surface area (Å²) in [6, 6.07) is 15.5. The highest BCUT2D eigenvalue weighted by atomic mass is 16.2. The van der Waals surface area contributed by atoms with Crippen LogP contribution in [0.15, 0.2) is 53.5 Å². The fraction of sp³-hybridized carbons (Fsp3) is 0.400. The molecular weight excluding hydrogens is 374 g/mol. The number of nitrogens with one attached hydrogen (secondary N) is 1. The van der Waals surface area contributed by atoms with Crippen molar-refractivity contribution in [3.8, 4) is 0 Å². The lowest BCUT2D eigenvalue weighted by molar-refractivity contribution is -0.134. The van der Waals surface area contributed by atoms with Gasteiger partial charge in [0.05, 0.1) is 0 Å². The summed E-state index contributed by atoms with van der Waals surface area (Å²) < 4.78 is 0. The normalized spacial score (nSPS) is 23.6. The molecule has 4 rings (SSSR count). The second-order valence-electron chi connectivity index (χ2n) is 8.70. The monoisotopic (exact) mass is 403 g/mol. The third kappa shape index (κ3) is 3.76. The Morgan fingerprint density at radius 2 is 1.70 bits per heavy atom. The van der Waals surface area contributed by atoms with Crippen LogP contribution in [0.2, 0.25) is 0 Å². The van der Waals surface area contributed by atoms with Gasteiger partial charge in [0.2, 0.25) is 5.91 Å². The van der Waals surface area contributed by atoms with Gasteiger partial charge in [0.15, 0.2) is 0 Å². The zero-order valence-corrected chi connectivity index (χ0v) is 17.9. The smallest absolute Gasteiger partial charge is 0.275 e. The first-order valence-electron chi connectivity index (χ1n) is 10.7. The molecule has 0 saturated heterocycles. The van der Waals surface area contributed by atoms with Crippen LogP contribution in [0, 0.1) is 19.8 Å². The Balaban J connectivity index is 1.61. The van der Waals surface area contributed by atoms with Gasteiger partial charge in [-0.25, -0.2) is 0 Å². The Bertz CT molecular complexity index is 968. The van der Waals surface area contributed by atoms with Gasteiger partial charge in [-0.2, -0.15) is 0 Å². The van der Waals surface area contributed by atoms with Gasteiger partial charge in [-0.15, -0.1) is 0 Å². The molecular formula is C25H29N3O2. The highest BCUT2D eigenvalue weighted by Gasteiger charge is 2.49. The molecule has 2 amide bonds. The second-order valence-corrected chi connectivity index (χ2v) is 8.70. The lowest BCUT2D eigenvalue weighted by atomic mass is 9.82. The number of para-hydroxylation sites is 1. The van der Waals surface area contributed by atoms with Crippen LogP contribution in [0.4, 0.5) is 5.69 Å². The molecule has 156 valence electrons. The molecule has 0 atom stereocenters. The summed E-state index contributed by atoms with van der Waals surface area (Å²) in [5, 5.41) is 3.03. The van der Waals surface area contributed by atoms with Crippen LogP contribution in [-0.2, 0) is 9.59 Å². The lowest BCUT2D eigenvalue weighted by Gasteiger charge is -2.40. The van der Waals surface area contributed by atoms with E-state index < -0.39 is 5.66 Å². The van der Waals surface area contributed by atoms with E-state index in [0.717, 1.165) is 48.1 Å². The van der Waals surface area contributed by atoms with E-state index in [4.69, 9.17) is 4.99 Å². The van der Waals surface area contributed by atoms with Crippen molar-refractivity contribution in [2.24, 2.45) is 10.9 Å². The van der Waals surface area contributed by atoms with Gasteiger partial charge in [-0.3, -0.25) is 14.6 Å². The summed E-state index contributed by atoms with van der Waals surface area (Å²) in [6.07, 6.45) is 3.61. The molecule has 1 saturated carbocycles. The Labute approximate surface area is 178 Å². The second kappa shape index (κ2) is 8.05. The molecule has 2 aliphatic rings. The SMILES string of the molecule is Cc1cccc(C)c1NC(=O)CN1C(=O)C(c2ccccc2)=NC12CCC(C)CC2. The summed E-state index contributed by atoms with van der Waals surface area (Å²) in [7, 11) is 0. The first-order valence-corrected chi connectivity index (χ1v) is 10.7. The number of aliphatic imine (C=N–C) groups is 1. The molecule has 2 aromatic carbocycles. The number of aryl methyl sites for hydroxylation is 2. The van der Waals surface area contributed by atoms with E-state index in [1.54, 1.807) is 4.90 Å². The first kappa shape index (κ1) is 20.3. The summed E-state index contributed by atoms with van der Waals surface area (Å²) >= 11 is 0. The van der Waals surface area contributed by atoms with E-state index in [1.165, 1.54) is 0 Å². The summed E-state index contributed by atoms with van der Waals surface area (Å²) in [4.78, 5) is 33.1. The maximum Gasteiger partial charge on any atom is 0.275 e. The van der Waals surface area contributed by atoms with E-state index >= 15 is 0 Å². The van der Waals surface area contributed by atoms with Crippen LogP contribution < -0.4 is 5.32 Å². The summed E-state index contributed by atoms with van der Waals surface area (Å²) in [6.45, 7) is 6.21. The van der Waals surface area contributed by atoms with E-state index in [2.05, 4.69) is 12.2 Å². The number of nitrogens with zero attached hydrogens (tertiary/aromatic N) is 2. The molecule has 1 heterocycles. The van der Waals surface area contributed by atoms with Crippen molar-refractivity contribution >= 4 is 23.2 Å². The van der Waals surface area contributed by atoms with Gasteiger partial charge >= 0.3 is 0 Å². The van der Waals surface area contributed by atoms with Crippen LogP contribution in [0.25, 0.3) is 0 Å². The highest BCUT2D eigenvalue weighted by Crippen LogP contribution is 2.41. The van der Waals surface area contributed by atoms with Crippen molar-refractivity contribution in [1.29, 1.82) is 0 Å². The predicted octanol–water partition coefficient (Wildman–Crippen LogP) is 4.48. The van der Waals surface area contributed by atoms with Gasteiger partial charge in [0, 0.05) is 11.3 Å². The molecule has 0 bridgehead atoms. The van der Waals surface area contributed by atoms with Crippen molar-refractivity contribution in [2.75, 3.05) is 11.9 Å². The Kier molecular flexibility index (Phi) is 5.46. The van der Waals surface area contributed by atoms with Crippen molar-refractivity contribution in [3.05, 3.63) is 65.2 Å². The third-order valence-corrected chi connectivity index (χ3v) is 6.44. The fourth-order valence-corrected chi connectivity index (χ4v) is 4.58. The zero-order chi connectivity index (χ0) is 21.3. The first-order chi connectivity index (χ1) is 14.4. The molecule has 5 nitrogen and oxygen atoms in total. The molecule has 1 aliphatic heterocycles. The van der Waals surface area contributed by atoms with Crippen molar-refractivity contribution in [3.63, 3.8) is 0 Å². The van der Waals surface area contributed by atoms with Gasteiger partial charge in [-0.1, -0.05) is 55.5 Å². The minimum atomic E-state index is -0.604. The van der Waals surface area contributed by atoms with Crippen molar-refractivity contribution in [1.82, 2.24) is 4.90 Å². The number of hydrogen-bond donors (Lipinski definition) is 1. The minimum absolute atomic E-state index is 0.0147. The van der Waals surface area contributed by atoms with Crippen LogP contribution in [0.5, 0.6) is 0 Å². The molecule has 0 aromatic heterocycles. The van der Waals surface area contributed by atoms with Gasteiger partial charge in [0.1, 0.15) is 17.9 Å². The molecule has 2 aromatic rings. The molecule has 1 aliphatic carbocycles. The van der Waals surface area contributed by atoms with Gasteiger partial charge in [-0.05, 0) is 56.6 Å². The van der Waals surface area contributed by atoms with Crippen LogP contribution in [0.1, 0.15) is 49.3 Å². The fourth-order valence-electron chi connectivity index (χ4n) is 4.58. The quantitative estimate of drug-likeness (QED) is 0.818. The Morgan fingerprint density at radius 3 is 2.33 bits per heavy atom. The Hall–Kier alpha value is -2.95. The number of amides is 2. The highest BCUT2D eigenvalue weighted by molar-refractivity contribution is 6.47. The number of carbonyl (C=O) groups excluding carboxylic acids is 2. The maximum absolute atomic E-state index is 13.4. The number of rotatable bonds is 4. The van der Waals surface area contributed by atoms with Crippen LogP contribution in [-0.4, -0.2) is 34.6 Å². The lowest BCUT2D eigenvalue weighted by Crippen LogP contribution is -2.51. The van der Waals surface area contributed by atoms with Crippen LogP contribution >= 0.6 is 0 Å². The van der Waals surface area contributed by atoms with Crippen molar-refractivity contribution < 1.29 is 9.59 Å². The molecule has 5 heteroatoms. The third-order valence-electron chi connectivity index (χ3n) is 6.44. The largest absolute Gasteiger partial charge is 0.324 e. The topological polar surface area (TPSA) is 61.8 Å². The predicted molar refractivity (Wildman–Crippen MR) is 120 cm³/mol. The summed E-state index contributed by atoms with van der Waals surface area (Å²) in [5.74, 6) is 0.294. The van der Waals surface area contributed by atoms with Gasteiger partial charge < -0.3 is 10.2 Å².